The van der Waals surface area contributed by atoms with Gasteiger partial charge in [0.15, 0.2) is 0 Å². The van der Waals surface area contributed by atoms with E-state index < -0.39 is 13.0 Å². The number of methoxy groups -OCH3 is 1. The molecule has 8 heteroatoms. The number of halogens is 3. The molecule has 1 aliphatic carbocycles. The van der Waals surface area contributed by atoms with E-state index >= 15 is 0 Å². The summed E-state index contributed by atoms with van der Waals surface area (Å²) in [6.07, 6.45) is 1.12. The van der Waals surface area contributed by atoms with E-state index in [9.17, 15) is 8.78 Å². The van der Waals surface area contributed by atoms with Gasteiger partial charge in [-0.3, -0.25) is 4.57 Å². The Morgan fingerprint density at radius 3 is 2.77 bits per heavy atom. The molecule has 0 amide bonds. The predicted octanol–water partition coefficient (Wildman–Crippen LogP) is 4.60. The molecule has 0 atom stereocenters. The van der Waals surface area contributed by atoms with Gasteiger partial charge in [0.25, 0.3) is 12.3 Å². The molecule has 4 rings (SSSR count). The predicted molar refractivity (Wildman–Crippen MR) is 93.9 cm³/mol. The number of ether oxygens (including phenoxy) is 2. The van der Waals surface area contributed by atoms with Gasteiger partial charge in [-0.05, 0) is 31.0 Å². The van der Waals surface area contributed by atoms with Crippen LogP contribution in [0, 0.1) is 0 Å². The molecule has 136 valence electrons. The molecule has 0 bridgehead atoms. The summed E-state index contributed by atoms with van der Waals surface area (Å²) in [7, 11) is 1.43. The maximum atomic E-state index is 12.6. The third kappa shape index (κ3) is 3.19. The Labute approximate surface area is 153 Å². The van der Waals surface area contributed by atoms with Crippen molar-refractivity contribution in [2.45, 2.75) is 25.2 Å². The molecule has 1 aromatic carbocycles. The van der Waals surface area contributed by atoms with Crippen LogP contribution in [0.3, 0.4) is 0 Å². The molecule has 1 aliphatic rings. The SMILES string of the molecule is COc1nc(-n2ccc3ccc(Cl)cc32)nc(C2CC2)c1OCC(F)F. The lowest BCUT2D eigenvalue weighted by Crippen LogP contribution is -2.12. The topological polar surface area (TPSA) is 49.2 Å². The Morgan fingerprint density at radius 1 is 1.27 bits per heavy atom. The minimum Gasteiger partial charge on any atom is -0.480 e. The summed E-state index contributed by atoms with van der Waals surface area (Å²) in [5, 5.41) is 1.59. The highest BCUT2D eigenvalue weighted by Crippen LogP contribution is 2.46. The largest absolute Gasteiger partial charge is 0.480 e. The maximum Gasteiger partial charge on any atom is 0.272 e. The average molecular weight is 380 g/mol. The first-order valence-corrected chi connectivity index (χ1v) is 8.58. The molecule has 0 unspecified atom stereocenters. The normalized spacial score (nSPS) is 14.2. The summed E-state index contributed by atoms with van der Waals surface area (Å²) < 4.78 is 37.6. The van der Waals surface area contributed by atoms with Crippen LogP contribution in [0.1, 0.15) is 24.5 Å². The zero-order chi connectivity index (χ0) is 18.3. The Morgan fingerprint density at radius 2 is 2.08 bits per heavy atom. The Bertz CT molecular complexity index is 957. The standard InChI is InChI=1S/C18H16ClF2N3O2/c1-25-17-16(26-9-14(20)21)15(11-2-3-11)22-18(23-17)24-7-6-10-4-5-12(19)8-13(10)24/h4-8,11,14H,2-3,9H2,1H3. The molecule has 0 radical (unpaired) electrons. The van der Waals surface area contributed by atoms with Gasteiger partial charge in [0.2, 0.25) is 11.7 Å². The highest BCUT2D eigenvalue weighted by atomic mass is 35.5. The molecule has 3 aromatic rings. The van der Waals surface area contributed by atoms with Crippen molar-refractivity contribution in [2.75, 3.05) is 13.7 Å². The van der Waals surface area contributed by atoms with Crippen molar-refractivity contribution in [3.05, 3.63) is 41.2 Å². The number of nitrogens with zero attached hydrogens (tertiary/aromatic N) is 3. The summed E-state index contributed by atoms with van der Waals surface area (Å²) >= 11 is 6.11. The molecule has 26 heavy (non-hydrogen) atoms. The van der Waals surface area contributed by atoms with Gasteiger partial charge < -0.3 is 9.47 Å². The van der Waals surface area contributed by atoms with E-state index in [1.807, 2.05) is 30.5 Å². The van der Waals surface area contributed by atoms with Gasteiger partial charge in [-0.25, -0.2) is 13.8 Å². The number of aromatic nitrogens is 3. The highest BCUT2D eigenvalue weighted by molar-refractivity contribution is 6.31. The molecule has 0 aliphatic heterocycles. The first kappa shape index (κ1) is 17.0. The third-order valence-electron chi connectivity index (χ3n) is 4.23. The zero-order valence-corrected chi connectivity index (χ0v) is 14.7. The van der Waals surface area contributed by atoms with Gasteiger partial charge in [0, 0.05) is 22.5 Å². The van der Waals surface area contributed by atoms with Gasteiger partial charge in [-0.1, -0.05) is 17.7 Å². The van der Waals surface area contributed by atoms with Crippen LogP contribution in [-0.4, -0.2) is 34.7 Å². The second-order valence-corrected chi connectivity index (χ2v) is 6.55. The number of benzene rings is 1. The van der Waals surface area contributed by atoms with Gasteiger partial charge >= 0.3 is 0 Å². The van der Waals surface area contributed by atoms with Crippen LogP contribution >= 0.6 is 11.6 Å². The monoisotopic (exact) mass is 379 g/mol. The Balaban J connectivity index is 1.84. The highest BCUT2D eigenvalue weighted by Gasteiger charge is 2.32. The quantitative estimate of drug-likeness (QED) is 0.628. The molecule has 0 spiro atoms. The van der Waals surface area contributed by atoms with Crippen molar-refractivity contribution < 1.29 is 18.3 Å². The Hall–Kier alpha value is -2.41. The van der Waals surface area contributed by atoms with E-state index in [1.165, 1.54) is 7.11 Å². The smallest absolute Gasteiger partial charge is 0.272 e. The van der Waals surface area contributed by atoms with Crippen molar-refractivity contribution in [3.8, 4) is 17.6 Å². The first-order chi connectivity index (χ1) is 12.6. The lowest BCUT2D eigenvalue weighted by molar-refractivity contribution is 0.0792. The number of fused-ring (bicyclic) bond motifs is 1. The molecule has 0 N–H and O–H groups in total. The number of rotatable bonds is 6. The number of hydrogen-bond donors (Lipinski definition) is 0. The molecule has 0 saturated heterocycles. The van der Waals surface area contributed by atoms with E-state index in [0.717, 1.165) is 23.7 Å². The lowest BCUT2D eigenvalue weighted by Gasteiger charge is -2.15. The lowest BCUT2D eigenvalue weighted by atomic mass is 10.2. The maximum absolute atomic E-state index is 12.6. The van der Waals surface area contributed by atoms with Gasteiger partial charge in [0.05, 0.1) is 18.3 Å². The fraction of sp³-hybridized carbons (Fsp3) is 0.333. The van der Waals surface area contributed by atoms with Crippen molar-refractivity contribution in [3.63, 3.8) is 0 Å². The zero-order valence-electron chi connectivity index (χ0n) is 14.0. The van der Waals surface area contributed by atoms with Crippen molar-refractivity contribution in [1.82, 2.24) is 14.5 Å². The van der Waals surface area contributed by atoms with Crippen LogP contribution in [0.4, 0.5) is 8.78 Å². The molecular weight excluding hydrogens is 364 g/mol. The van der Waals surface area contributed by atoms with E-state index in [1.54, 1.807) is 4.57 Å². The molecule has 1 saturated carbocycles. The van der Waals surface area contributed by atoms with E-state index in [-0.39, 0.29) is 17.5 Å². The second-order valence-electron chi connectivity index (χ2n) is 6.11. The summed E-state index contributed by atoms with van der Waals surface area (Å²) in [6.45, 7) is -0.721. The van der Waals surface area contributed by atoms with Gasteiger partial charge in [-0.2, -0.15) is 4.98 Å². The molecule has 1 fully saturated rings. The molecular formula is C18H16ClF2N3O2. The molecule has 2 aromatic heterocycles. The summed E-state index contributed by atoms with van der Waals surface area (Å²) in [4.78, 5) is 8.98. The van der Waals surface area contributed by atoms with Gasteiger partial charge in [0.1, 0.15) is 6.61 Å². The van der Waals surface area contributed by atoms with Crippen molar-refractivity contribution >= 4 is 22.5 Å². The fourth-order valence-electron chi connectivity index (χ4n) is 2.87. The van der Waals surface area contributed by atoms with E-state index in [0.29, 0.717) is 16.7 Å². The van der Waals surface area contributed by atoms with Crippen LogP contribution in [0.5, 0.6) is 11.6 Å². The van der Waals surface area contributed by atoms with Crippen LogP contribution in [0.25, 0.3) is 16.9 Å². The Kier molecular flexibility index (Phi) is 4.40. The van der Waals surface area contributed by atoms with Crippen LogP contribution in [0.15, 0.2) is 30.5 Å². The van der Waals surface area contributed by atoms with Crippen molar-refractivity contribution in [1.29, 1.82) is 0 Å². The van der Waals surface area contributed by atoms with Crippen molar-refractivity contribution in [2.24, 2.45) is 0 Å². The van der Waals surface area contributed by atoms with Crippen LogP contribution in [0.2, 0.25) is 5.02 Å². The molecule has 2 heterocycles. The van der Waals surface area contributed by atoms with Crippen LogP contribution in [-0.2, 0) is 0 Å². The second kappa shape index (κ2) is 6.72. The minimum absolute atomic E-state index is 0.154. The summed E-state index contributed by atoms with van der Waals surface area (Å²) in [6, 6.07) is 7.48. The third-order valence-corrected chi connectivity index (χ3v) is 4.47. The number of hydrogen-bond acceptors (Lipinski definition) is 4. The van der Waals surface area contributed by atoms with E-state index in [2.05, 4.69) is 9.97 Å². The van der Waals surface area contributed by atoms with E-state index in [4.69, 9.17) is 21.1 Å². The number of alkyl halides is 2. The van der Waals surface area contributed by atoms with Gasteiger partial charge in [-0.15, -0.1) is 0 Å². The first-order valence-electron chi connectivity index (χ1n) is 8.20. The van der Waals surface area contributed by atoms with Crippen LogP contribution < -0.4 is 9.47 Å². The molecule has 5 nitrogen and oxygen atoms in total. The minimum atomic E-state index is -2.58. The summed E-state index contributed by atoms with van der Waals surface area (Å²) in [5.74, 6) is 0.920. The fourth-order valence-corrected chi connectivity index (χ4v) is 3.04. The summed E-state index contributed by atoms with van der Waals surface area (Å²) in [5.41, 5.74) is 1.46. The average Bonchev–Trinajstić information content (AvgIpc) is 3.39.